The third kappa shape index (κ3) is 4.54. The first-order valence-electron chi connectivity index (χ1n) is 11.8. The molecular formula is C27H22N6O3S. The van der Waals surface area contributed by atoms with Gasteiger partial charge < -0.3 is 20.3 Å². The molecule has 0 atom stereocenters. The predicted molar refractivity (Wildman–Crippen MR) is 143 cm³/mol. The number of aromatic nitrogens is 4. The lowest BCUT2D eigenvalue weighted by molar-refractivity contribution is 0.0697. The van der Waals surface area contributed by atoms with Crippen LogP contribution in [0.25, 0.3) is 26.8 Å². The van der Waals surface area contributed by atoms with Crippen molar-refractivity contribution in [2.45, 2.75) is 12.8 Å². The van der Waals surface area contributed by atoms with Crippen molar-refractivity contribution in [3.63, 3.8) is 0 Å². The van der Waals surface area contributed by atoms with E-state index in [1.807, 2.05) is 23.7 Å². The summed E-state index contributed by atoms with van der Waals surface area (Å²) in [5.74, 6) is -0.500. The zero-order valence-corrected chi connectivity index (χ0v) is 20.5. The maximum atomic E-state index is 13.1. The maximum absolute atomic E-state index is 13.1. The number of H-pyrrole nitrogens is 1. The Bertz CT molecular complexity index is 1690. The van der Waals surface area contributed by atoms with E-state index in [4.69, 9.17) is 0 Å². The number of nitrogens with one attached hydrogen (secondary N) is 2. The SMILES string of the molecule is O=C(O)c1cccc(C(=O)N2CCC=C(c3cc4c(Nc5ccc6ncsc6c5)ncnc4[nH]3)CC2)c1. The number of thiazole rings is 1. The zero-order valence-electron chi connectivity index (χ0n) is 19.6. The van der Waals surface area contributed by atoms with Crippen LogP contribution in [0.4, 0.5) is 11.5 Å². The second kappa shape index (κ2) is 9.47. The van der Waals surface area contributed by atoms with E-state index in [9.17, 15) is 14.7 Å². The van der Waals surface area contributed by atoms with Gasteiger partial charge in [0.05, 0.1) is 26.7 Å². The summed E-state index contributed by atoms with van der Waals surface area (Å²) in [6.45, 7) is 1.09. The highest BCUT2D eigenvalue weighted by Gasteiger charge is 2.20. The van der Waals surface area contributed by atoms with Gasteiger partial charge in [-0.1, -0.05) is 12.1 Å². The Morgan fingerprint density at radius 1 is 1.03 bits per heavy atom. The van der Waals surface area contributed by atoms with E-state index in [-0.39, 0.29) is 11.5 Å². The van der Waals surface area contributed by atoms with Gasteiger partial charge in [-0.2, -0.15) is 0 Å². The second-order valence-corrected chi connectivity index (χ2v) is 9.66. The molecule has 3 N–H and O–H groups in total. The van der Waals surface area contributed by atoms with Gasteiger partial charge in [0.2, 0.25) is 0 Å². The van der Waals surface area contributed by atoms with Crippen molar-refractivity contribution in [1.82, 2.24) is 24.8 Å². The molecule has 0 bridgehead atoms. The zero-order chi connectivity index (χ0) is 25.4. The van der Waals surface area contributed by atoms with E-state index in [1.165, 1.54) is 18.5 Å². The number of carboxylic acid groups (broad SMARTS) is 1. The molecule has 0 fully saturated rings. The lowest BCUT2D eigenvalue weighted by atomic mass is 10.1. The summed E-state index contributed by atoms with van der Waals surface area (Å²) in [4.78, 5) is 42.8. The Labute approximate surface area is 215 Å². The lowest BCUT2D eigenvalue weighted by Crippen LogP contribution is -2.32. The number of rotatable bonds is 5. The van der Waals surface area contributed by atoms with Gasteiger partial charge in [0.15, 0.2) is 0 Å². The van der Waals surface area contributed by atoms with Crippen LogP contribution in [-0.2, 0) is 0 Å². The van der Waals surface area contributed by atoms with Crippen molar-refractivity contribution in [1.29, 1.82) is 0 Å². The molecule has 1 aliphatic rings. The number of nitrogens with zero attached hydrogens (tertiary/aromatic N) is 4. The molecule has 0 saturated heterocycles. The molecule has 37 heavy (non-hydrogen) atoms. The van der Waals surface area contributed by atoms with E-state index >= 15 is 0 Å². The van der Waals surface area contributed by atoms with Crippen LogP contribution in [0, 0.1) is 0 Å². The summed E-state index contributed by atoms with van der Waals surface area (Å²) >= 11 is 1.59. The summed E-state index contributed by atoms with van der Waals surface area (Å²) in [7, 11) is 0. The summed E-state index contributed by atoms with van der Waals surface area (Å²) in [5, 5.41) is 13.5. The summed E-state index contributed by atoms with van der Waals surface area (Å²) in [6.07, 6.45) is 5.03. The largest absolute Gasteiger partial charge is 0.478 e. The minimum atomic E-state index is -1.05. The molecule has 9 nitrogen and oxygen atoms in total. The number of benzene rings is 2. The van der Waals surface area contributed by atoms with Crippen LogP contribution in [0.3, 0.4) is 0 Å². The van der Waals surface area contributed by atoms with E-state index in [0.717, 1.165) is 38.2 Å². The molecule has 0 saturated carbocycles. The number of hydrogen-bond acceptors (Lipinski definition) is 7. The number of amides is 1. The van der Waals surface area contributed by atoms with E-state index in [1.54, 1.807) is 28.4 Å². The molecule has 6 rings (SSSR count). The van der Waals surface area contributed by atoms with Crippen LogP contribution in [0.15, 0.2) is 66.4 Å². The van der Waals surface area contributed by atoms with E-state index < -0.39 is 5.97 Å². The van der Waals surface area contributed by atoms with Crippen LogP contribution < -0.4 is 5.32 Å². The molecule has 1 amide bonds. The van der Waals surface area contributed by atoms with Crippen molar-refractivity contribution in [3.8, 4) is 0 Å². The number of fused-ring (bicyclic) bond motifs is 2. The van der Waals surface area contributed by atoms with Crippen molar-refractivity contribution in [2.24, 2.45) is 0 Å². The number of aromatic amines is 1. The van der Waals surface area contributed by atoms with Crippen molar-refractivity contribution >= 4 is 61.5 Å². The van der Waals surface area contributed by atoms with Crippen LogP contribution in [-0.4, -0.2) is 54.9 Å². The first kappa shape index (κ1) is 22.9. The van der Waals surface area contributed by atoms with E-state index in [2.05, 4.69) is 37.4 Å². The number of hydrogen-bond donors (Lipinski definition) is 3. The first-order chi connectivity index (χ1) is 18.0. The molecule has 5 aromatic rings. The van der Waals surface area contributed by atoms with Gasteiger partial charge in [0, 0.05) is 30.0 Å². The molecule has 2 aromatic carbocycles. The Morgan fingerprint density at radius 3 is 2.81 bits per heavy atom. The number of carbonyl (C=O) groups excluding carboxylic acids is 1. The number of aromatic carboxylic acids is 1. The molecule has 10 heteroatoms. The minimum absolute atomic E-state index is 0.107. The van der Waals surface area contributed by atoms with Gasteiger partial charge in [-0.15, -0.1) is 11.3 Å². The molecule has 184 valence electrons. The Kier molecular flexibility index (Phi) is 5.85. The van der Waals surface area contributed by atoms with Gasteiger partial charge in [0.1, 0.15) is 17.8 Å². The smallest absolute Gasteiger partial charge is 0.335 e. The fraction of sp³-hybridized carbons (Fsp3) is 0.148. The monoisotopic (exact) mass is 510 g/mol. The normalized spacial score (nSPS) is 13.9. The molecule has 3 aromatic heterocycles. The van der Waals surface area contributed by atoms with Crippen LogP contribution in [0.2, 0.25) is 0 Å². The second-order valence-electron chi connectivity index (χ2n) is 8.77. The Balaban J connectivity index is 1.21. The summed E-state index contributed by atoms with van der Waals surface area (Å²) in [6, 6.07) is 14.2. The maximum Gasteiger partial charge on any atom is 0.335 e. The first-order valence-corrected chi connectivity index (χ1v) is 12.7. The molecule has 0 spiro atoms. The Morgan fingerprint density at radius 2 is 1.92 bits per heavy atom. The van der Waals surface area contributed by atoms with Crippen LogP contribution in [0.1, 0.15) is 39.3 Å². The van der Waals surface area contributed by atoms with Crippen molar-refractivity contribution in [3.05, 3.63) is 83.3 Å². The average Bonchev–Trinajstić information content (AvgIpc) is 3.49. The van der Waals surface area contributed by atoms with Crippen LogP contribution in [0.5, 0.6) is 0 Å². The molecule has 1 aliphatic heterocycles. The highest BCUT2D eigenvalue weighted by molar-refractivity contribution is 7.16. The highest BCUT2D eigenvalue weighted by atomic mass is 32.1. The highest BCUT2D eigenvalue weighted by Crippen LogP contribution is 2.30. The van der Waals surface area contributed by atoms with Gasteiger partial charge in [0.25, 0.3) is 5.91 Å². The average molecular weight is 511 g/mol. The van der Waals surface area contributed by atoms with Crippen LogP contribution >= 0.6 is 11.3 Å². The topological polar surface area (TPSA) is 124 Å². The lowest BCUT2D eigenvalue weighted by Gasteiger charge is -2.20. The number of anilines is 2. The Hall–Kier alpha value is -4.57. The molecule has 0 radical (unpaired) electrons. The third-order valence-corrected chi connectivity index (χ3v) is 7.24. The summed E-state index contributed by atoms with van der Waals surface area (Å²) < 4.78 is 1.10. The third-order valence-electron chi connectivity index (χ3n) is 6.45. The van der Waals surface area contributed by atoms with Gasteiger partial charge >= 0.3 is 5.97 Å². The van der Waals surface area contributed by atoms with Gasteiger partial charge in [-0.25, -0.2) is 19.7 Å². The number of carbonyl (C=O) groups is 2. The van der Waals surface area contributed by atoms with Gasteiger partial charge in [-0.05, 0) is 60.9 Å². The number of carboxylic acids is 1. The van der Waals surface area contributed by atoms with E-state index in [0.29, 0.717) is 37.3 Å². The van der Waals surface area contributed by atoms with Crippen molar-refractivity contribution < 1.29 is 14.7 Å². The molecule has 0 unspecified atom stereocenters. The summed E-state index contributed by atoms with van der Waals surface area (Å²) in [5.41, 5.74) is 6.99. The predicted octanol–water partition coefficient (Wildman–Crippen LogP) is 5.33. The standard InChI is InChI=1S/C27H22N6O3S/c34-26(17-3-1-4-18(11-17)27(35)36)33-9-2-5-16(8-10-33)22-13-20-24(28-14-29-25(20)32-22)31-19-6-7-21-23(12-19)37-15-30-21/h1,3-7,11-15H,2,8-10H2,(H,35,36)(H2,28,29,31,32). The molecule has 4 heterocycles. The fourth-order valence-electron chi connectivity index (χ4n) is 4.56. The fourth-order valence-corrected chi connectivity index (χ4v) is 5.28. The molecule has 0 aliphatic carbocycles. The minimum Gasteiger partial charge on any atom is -0.478 e. The van der Waals surface area contributed by atoms with Crippen molar-refractivity contribution in [2.75, 3.05) is 18.4 Å². The van der Waals surface area contributed by atoms with Gasteiger partial charge in [-0.3, -0.25) is 4.79 Å². The quantitative estimate of drug-likeness (QED) is 0.292. The molecular weight excluding hydrogens is 488 g/mol.